The first kappa shape index (κ1) is 22.4. The number of esters is 1. The van der Waals surface area contributed by atoms with E-state index in [0.29, 0.717) is 28.6 Å². The summed E-state index contributed by atoms with van der Waals surface area (Å²) in [7, 11) is 1.28. The Kier molecular flexibility index (Phi) is 7.36. The standard InChI is InChI=1S/C23H23NO6S/c1-4-29-19-11-16(8-9-18(19)30-14-21(25)28-3)12-20-22(26)24(23(27)31-20)13-17-7-5-6-15(2)10-17/h5-12H,4,13-14H2,1-3H3/b20-12+. The lowest BCUT2D eigenvalue weighted by atomic mass is 10.1. The number of nitrogens with zero attached hydrogens (tertiary/aromatic N) is 1. The van der Waals surface area contributed by atoms with Crippen LogP contribution < -0.4 is 9.47 Å². The van der Waals surface area contributed by atoms with Gasteiger partial charge in [0.05, 0.1) is 25.2 Å². The van der Waals surface area contributed by atoms with Crippen LogP contribution in [-0.2, 0) is 20.9 Å². The highest BCUT2D eigenvalue weighted by Gasteiger charge is 2.35. The van der Waals surface area contributed by atoms with Crippen LogP contribution in [0, 0.1) is 6.92 Å². The van der Waals surface area contributed by atoms with Crippen LogP contribution in [-0.4, -0.2) is 42.3 Å². The first-order valence-corrected chi connectivity index (χ1v) is 10.5. The molecule has 8 heteroatoms. The van der Waals surface area contributed by atoms with Crippen molar-refractivity contribution in [3.8, 4) is 11.5 Å². The van der Waals surface area contributed by atoms with E-state index in [1.807, 2.05) is 38.1 Å². The molecule has 1 aliphatic rings. The summed E-state index contributed by atoms with van der Waals surface area (Å²) in [6.45, 7) is 4.17. The summed E-state index contributed by atoms with van der Waals surface area (Å²) in [5.41, 5.74) is 2.64. The number of benzene rings is 2. The molecule has 0 saturated carbocycles. The molecule has 0 atom stereocenters. The lowest BCUT2D eigenvalue weighted by molar-refractivity contribution is -0.142. The van der Waals surface area contributed by atoms with E-state index in [-0.39, 0.29) is 24.3 Å². The maximum Gasteiger partial charge on any atom is 0.343 e. The maximum atomic E-state index is 12.8. The Hall–Kier alpha value is -3.26. The van der Waals surface area contributed by atoms with Gasteiger partial charge in [-0.05, 0) is 54.9 Å². The normalized spacial score (nSPS) is 14.8. The van der Waals surface area contributed by atoms with E-state index in [2.05, 4.69) is 4.74 Å². The maximum absolute atomic E-state index is 12.8. The van der Waals surface area contributed by atoms with Crippen molar-refractivity contribution in [2.24, 2.45) is 0 Å². The summed E-state index contributed by atoms with van der Waals surface area (Å²) in [4.78, 5) is 38.1. The number of hydrogen-bond donors (Lipinski definition) is 0. The predicted molar refractivity (Wildman–Crippen MR) is 118 cm³/mol. The van der Waals surface area contributed by atoms with E-state index in [1.165, 1.54) is 12.0 Å². The highest BCUT2D eigenvalue weighted by Crippen LogP contribution is 2.35. The number of thioether (sulfide) groups is 1. The van der Waals surface area contributed by atoms with E-state index in [9.17, 15) is 14.4 Å². The van der Waals surface area contributed by atoms with E-state index < -0.39 is 5.97 Å². The SMILES string of the molecule is CCOc1cc(/C=C2/SC(=O)N(Cc3cccc(C)c3)C2=O)ccc1OCC(=O)OC. The fourth-order valence-electron chi connectivity index (χ4n) is 2.98. The molecular formula is C23H23NO6S. The Bertz CT molecular complexity index is 1030. The van der Waals surface area contributed by atoms with Crippen LogP contribution in [0.3, 0.4) is 0 Å². The zero-order chi connectivity index (χ0) is 22.4. The Morgan fingerprint density at radius 2 is 1.90 bits per heavy atom. The second-order valence-corrected chi connectivity index (χ2v) is 7.75. The molecule has 1 aliphatic heterocycles. The number of aryl methyl sites for hydroxylation is 1. The Labute approximate surface area is 185 Å². The van der Waals surface area contributed by atoms with E-state index in [1.54, 1.807) is 24.3 Å². The zero-order valence-corrected chi connectivity index (χ0v) is 18.4. The summed E-state index contributed by atoms with van der Waals surface area (Å²) in [6, 6.07) is 12.8. The molecular weight excluding hydrogens is 418 g/mol. The molecule has 31 heavy (non-hydrogen) atoms. The lowest BCUT2D eigenvalue weighted by Crippen LogP contribution is -2.27. The summed E-state index contributed by atoms with van der Waals surface area (Å²) in [6.07, 6.45) is 1.65. The monoisotopic (exact) mass is 441 g/mol. The number of methoxy groups -OCH3 is 1. The molecule has 2 aromatic rings. The highest BCUT2D eigenvalue weighted by molar-refractivity contribution is 8.18. The number of hydrogen-bond acceptors (Lipinski definition) is 7. The molecule has 1 saturated heterocycles. The van der Waals surface area contributed by atoms with E-state index in [4.69, 9.17) is 9.47 Å². The molecule has 1 fully saturated rings. The quantitative estimate of drug-likeness (QED) is 0.449. The molecule has 0 N–H and O–H groups in total. The summed E-state index contributed by atoms with van der Waals surface area (Å²) in [5.74, 6) is -0.0228. The molecule has 7 nitrogen and oxygen atoms in total. The fourth-order valence-corrected chi connectivity index (χ4v) is 3.82. The van der Waals surface area contributed by atoms with Crippen molar-refractivity contribution in [2.45, 2.75) is 20.4 Å². The minimum atomic E-state index is -0.506. The van der Waals surface area contributed by atoms with Gasteiger partial charge in [0.1, 0.15) is 0 Å². The molecule has 0 radical (unpaired) electrons. The van der Waals surface area contributed by atoms with Gasteiger partial charge in [0.15, 0.2) is 18.1 Å². The van der Waals surface area contributed by atoms with Crippen molar-refractivity contribution >= 4 is 35.0 Å². The molecule has 162 valence electrons. The van der Waals surface area contributed by atoms with Crippen LogP contribution in [0.15, 0.2) is 47.4 Å². The third kappa shape index (κ3) is 5.67. The van der Waals surface area contributed by atoms with E-state index in [0.717, 1.165) is 22.9 Å². The van der Waals surface area contributed by atoms with Crippen LogP contribution in [0.2, 0.25) is 0 Å². The van der Waals surface area contributed by atoms with Crippen molar-refractivity contribution in [1.29, 1.82) is 0 Å². The highest BCUT2D eigenvalue weighted by atomic mass is 32.2. The number of carbonyl (C=O) groups excluding carboxylic acids is 3. The summed E-state index contributed by atoms with van der Waals surface area (Å²) in [5, 5.41) is -0.305. The third-order valence-electron chi connectivity index (χ3n) is 4.44. The largest absolute Gasteiger partial charge is 0.490 e. The second-order valence-electron chi connectivity index (χ2n) is 6.76. The summed E-state index contributed by atoms with van der Waals surface area (Å²) >= 11 is 0.906. The molecule has 1 heterocycles. The smallest absolute Gasteiger partial charge is 0.343 e. The van der Waals surface area contributed by atoms with Gasteiger partial charge in [-0.1, -0.05) is 35.9 Å². The molecule has 0 aromatic heterocycles. The average molecular weight is 442 g/mol. The van der Waals surface area contributed by atoms with Crippen LogP contribution in [0.4, 0.5) is 4.79 Å². The van der Waals surface area contributed by atoms with Crippen LogP contribution in [0.25, 0.3) is 6.08 Å². The molecule has 0 unspecified atom stereocenters. The number of carbonyl (C=O) groups is 3. The van der Waals surface area contributed by atoms with Crippen molar-refractivity contribution < 1.29 is 28.6 Å². The molecule has 0 aliphatic carbocycles. The van der Waals surface area contributed by atoms with Gasteiger partial charge in [-0.3, -0.25) is 14.5 Å². The lowest BCUT2D eigenvalue weighted by Gasteiger charge is -2.13. The second kappa shape index (κ2) is 10.2. The van der Waals surface area contributed by atoms with Crippen molar-refractivity contribution in [2.75, 3.05) is 20.3 Å². The van der Waals surface area contributed by atoms with Gasteiger partial charge in [0.25, 0.3) is 11.1 Å². The number of ether oxygens (including phenoxy) is 3. The van der Waals surface area contributed by atoms with Gasteiger partial charge in [-0.25, -0.2) is 4.79 Å². The van der Waals surface area contributed by atoms with Gasteiger partial charge in [-0.15, -0.1) is 0 Å². The Morgan fingerprint density at radius 3 is 2.61 bits per heavy atom. The van der Waals surface area contributed by atoms with Gasteiger partial charge in [-0.2, -0.15) is 0 Å². The molecule has 0 spiro atoms. The molecule has 3 rings (SSSR count). The molecule has 2 amide bonds. The van der Waals surface area contributed by atoms with Gasteiger partial charge in [0.2, 0.25) is 0 Å². The van der Waals surface area contributed by atoms with Gasteiger partial charge >= 0.3 is 5.97 Å². The Morgan fingerprint density at radius 1 is 1.10 bits per heavy atom. The summed E-state index contributed by atoms with van der Waals surface area (Å²) < 4.78 is 15.6. The Balaban J connectivity index is 1.78. The zero-order valence-electron chi connectivity index (χ0n) is 17.5. The molecule has 2 aromatic carbocycles. The number of imide groups is 1. The van der Waals surface area contributed by atoms with Crippen LogP contribution in [0.1, 0.15) is 23.6 Å². The van der Waals surface area contributed by atoms with Crippen molar-refractivity contribution in [3.05, 3.63) is 64.1 Å². The minimum absolute atomic E-state index is 0.230. The topological polar surface area (TPSA) is 82.1 Å². The fraction of sp³-hybridized carbons (Fsp3) is 0.261. The number of rotatable bonds is 8. The third-order valence-corrected chi connectivity index (χ3v) is 5.34. The van der Waals surface area contributed by atoms with E-state index >= 15 is 0 Å². The first-order valence-electron chi connectivity index (χ1n) is 9.68. The van der Waals surface area contributed by atoms with Crippen molar-refractivity contribution in [1.82, 2.24) is 4.90 Å². The first-order chi connectivity index (χ1) is 14.9. The molecule has 0 bridgehead atoms. The van der Waals surface area contributed by atoms with Crippen LogP contribution in [0.5, 0.6) is 11.5 Å². The number of amides is 2. The van der Waals surface area contributed by atoms with Crippen molar-refractivity contribution in [3.63, 3.8) is 0 Å². The van der Waals surface area contributed by atoms with Gasteiger partial charge in [0, 0.05) is 0 Å². The van der Waals surface area contributed by atoms with Crippen LogP contribution >= 0.6 is 11.8 Å². The minimum Gasteiger partial charge on any atom is -0.490 e. The average Bonchev–Trinajstić information content (AvgIpc) is 3.00. The predicted octanol–water partition coefficient (Wildman–Crippen LogP) is 4.18. The van der Waals surface area contributed by atoms with Gasteiger partial charge < -0.3 is 14.2 Å².